The third kappa shape index (κ3) is 2.38. The molecule has 1 N–H and O–H groups in total. The van der Waals surface area contributed by atoms with Crippen molar-refractivity contribution in [2.75, 3.05) is 5.32 Å². The molecule has 0 atom stereocenters. The van der Waals surface area contributed by atoms with Crippen molar-refractivity contribution in [1.82, 2.24) is 0 Å². The average molecular weight is 272 g/mol. The van der Waals surface area contributed by atoms with E-state index >= 15 is 0 Å². The molecule has 2 aromatic rings. The molecule has 1 heterocycles. The summed E-state index contributed by atoms with van der Waals surface area (Å²) in [4.78, 5) is 12.4. The van der Waals surface area contributed by atoms with E-state index in [9.17, 15) is 4.79 Å². The maximum absolute atomic E-state index is 11.7. The third-order valence-corrected chi connectivity index (χ3v) is 3.63. The molecule has 0 saturated heterocycles. The lowest BCUT2D eigenvalue weighted by molar-refractivity contribution is 0.103. The van der Waals surface area contributed by atoms with E-state index in [-0.39, 0.29) is 5.91 Å². The molecular formula is C11H7Cl2NOS. The number of hydrogen-bond acceptors (Lipinski definition) is 2. The van der Waals surface area contributed by atoms with Crippen LogP contribution in [0.3, 0.4) is 0 Å². The van der Waals surface area contributed by atoms with Crippen LogP contribution in [-0.2, 0) is 0 Å². The van der Waals surface area contributed by atoms with Crippen LogP contribution in [0.4, 0.5) is 5.69 Å². The molecule has 1 amide bonds. The standard InChI is InChI=1S/C11H7Cl2NOS/c12-7-3-1-4-8(10(7)13)14-11(15)9-5-2-6-16-9/h1-6H,(H,14,15). The lowest BCUT2D eigenvalue weighted by Crippen LogP contribution is -2.10. The van der Waals surface area contributed by atoms with Gasteiger partial charge in [-0.05, 0) is 23.6 Å². The molecule has 1 aromatic carbocycles. The highest BCUT2D eigenvalue weighted by atomic mass is 35.5. The Kier molecular flexibility index (Phi) is 3.49. The number of halogens is 2. The zero-order valence-electron chi connectivity index (χ0n) is 8.04. The summed E-state index contributed by atoms with van der Waals surface area (Å²) in [6.07, 6.45) is 0. The van der Waals surface area contributed by atoms with Crippen LogP contribution in [0.5, 0.6) is 0 Å². The van der Waals surface area contributed by atoms with E-state index in [0.29, 0.717) is 20.6 Å². The first kappa shape index (κ1) is 11.5. The van der Waals surface area contributed by atoms with E-state index in [1.165, 1.54) is 11.3 Å². The van der Waals surface area contributed by atoms with Crippen LogP contribution in [0, 0.1) is 0 Å². The average Bonchev–Trinajstić information content (AvgIpc) is 2.78. The first-order valence-electron chi connectivity index (χ1n) is 4.47. The predicted molar refractivity (Wildman–Crippen MR) is 68.7 cm³/mol. The van der Waals surface area contributed by atoms with Gasteiger partial charge in [0.2, 0.25) is 0 Å². The number of rotatable bonds is 2. The van der Waals surface area contributed by atoms with Gasteiger partial charge in [-0.1, -0.05) is 35.3 Å². The topological polar surface area (TPSA) is 29.1 Å². The van der Waals surface area contributed by atoms with Crippen LogP contribution in [0.15, 0.2) is 35.7 Å². The molecule has 0 saturated carbocycles. The maximum atomic E-state index is 11.7. The van der Waals surface area contributed by atoms with Gasteiger partial charge in [0.05, 0.1) is 20.6 Å². The molecule has 0 fully saturated rings. The summed E-state index contributed by atoms with van der Waals surface area (Å²) >= 11 is 13.2. The Hall–Kier alpha value is -1.03. The summed E-state index contributed by atoms with van der Waals surface area (Å²) in [6, 6.07) is 8.68. The fraction of sp³-hybridized carbons (Fsp3) is 0. The van der Waals surface area contributed by atoms with Gasteiger partial charge in [-0.25, -0.2) is 0 Å². The van der Waals surface area contributed by atoms with Crippen molar-refractivity contribution < 1.29 is 4.79 Å². The summed E-state index contributed by atoms with van der Waals surface area (Å²) in [5.74, 6) is -0.181. The number of amides is 1. The van der Waals surface area contributed by atoms with E-state index in [4.69, 9.17) is 23.2 Å². The second-order valence-corrected chi connectivity index (χ2v) is 4.77. The highest BCUT2D eigenvalue weighted by Crippen LogP contribution is 2.29. The van der Waals surface area contributed by atoms with Gasteiger partial charge >= 0.3 is 0 Å². The van der Waals surface area contributed by atoms with Crippen LogP contribution < -0.4 is 5.32 Å². The van der Waals surface area contributed by atoms with Crippen LogP contribution in [0.2, 0.25) is 10.0 Å². The largest absolute Gasteiger partial charge is 0.320 e. The molecule has 0 aliphatic heterocycles. The van der Waals surface area contributed by atoms with Gasteiger partial charge < -0.3 is 5.32 Å². The molecule has 0 aliphatic rings. The lowest BCUT2D eigenvalue weighted by Gasteiger charge is -2.06. The normalized spacial score (nSPS) is 10.1. The third-order valence-electron chi connectivity index (χ3n) is 1.94. The molecule has 82 valence electrons. The SMILES string of the molecule is O=C(Nc1cccc(Cl)c1Cl)c1cccs1. The Bertz CT molecular complexity index is 511. The molecule has 0 unspecified atom stereocenters. The minimum atomic E-state index is -0.181. The number of thiophene rings is 1. The second kappa shape index (κ2) is 4.87. The molecule has 16 heavy (non-hydrogen) atoms. The number of benzene rings is 1. The summed E-state index contributed by atoms with van der Waals surface area (Å²) < 4.78 is 0. The van der Waals surface area contributed by atoms with Gasteiger partial charge in [-0.3, -0.25) is 4.79 Å². The number of anilines is 1. The van der Waals surface area contributed by atoms with Crippen LogP contribution >= 0.6 is 34.5 Å². The molecule has 2 rings (SSSR count). The molecular weight excluding hydrogens is 265 g/mol. The summed E-state index contributed by atoms with van der Waals surface area (Å²) in [5, 5.41) is 5.33. The van der Waals surface area contributed by atoms with E-state index in [2.05, 4.69) is 5.32 Å². The van der Waals surface area contributed by atoms with E-state index < -0.39 is 0 Å². The Morgan fingerprint density at radius 2 is 2.00 bits per heavy atom. The van der Waals surface area contributed by atoms with Gasteiger partial charge in [-0.15, -0.1) is 11.3 Å². The zero-order chi connectivity index (χ0) is 11.5. The van der Waals surface area contributed by atoms with E-state index in [1.54, 1.807) is 24.3 Å². The van der Waals surface area contributed by atoms with Crippen molar-refractivity contribution in [3.63, 3.8) is 0 Å². The first-order valence-corrected chi connectivity index (χ1v) is 6.11. The number of carbonyl (C=O) groups excluding carboxylic acids is 1. The zero-order valence-corrected chi connectivity index (χ0v) is 10.4. The lowest BCUT2D eigenvalue weighted by atomic mass is 10.3. The van der Waals surface area contributed by atoms with Crippen LogP contribution in [0.25, 0.3) is 0 Å². The molecule has 0 spiro atoms. The van der Waals surface area contributed by atoms with Crippen molar-refractivity contribution in [1.29, 1.82) is 0 Å². The number of nitrogens with one attached hydrogen (secondary N) is 1. The first-order chi connectivity index (χ1) is 7.68. The van der Waals surface area contributed by atoms with Crippen molar-refractivity contribution in [2.24, 2.45) is 0 Å². The Balaban J connectivity index is 2.22. The highest BCUT2D eigenvalue weighted by Gasteiger charge is 2.10. The van der Waals surface area contributed by atoms with E-state index in [1.807, 2.05) is 11.4 Å². The van der Waals surface area contributed by atoms with Gasteiger partial charge in [-0.2, -0.15) is 0 Å². The Labute approximate surface area is 107 Å². The van der Waals surface area contributed by atoms with Gasteiger partial charge in [0, 0.05) is 0 Å². The van der Waals surface area contributed by atoms with Crippen LogP contribution in [0.1, 0.15) is 9.67 Å². The Morgan fingerprint density at radius 1 is 1.19 bits per heavy atom. The van der Waals surface area contributed by atoms with Crippen LogP contribution in [-0.4, -0.2) is 5.91 Å². The maximum Gasteiger partial charge on any atom is 0.265 e. The molecule has 1 aromatic heterocycles. The van der Waals surface area contributed by atoms with Gasteiger partial charge in [0.15, 0.2) is 0 Å². The van der Waals surface area contributed by atoms with Gasteiger partial charge in [0.1, 0.15) is 0 Å². The fourth-order valence-corrected chi connectivity index (χ4v) is 2.16. The quantitative estimate of drug-likeness (QED) is 0.867. The minimum absolute atomic E-state index is 0.181. The monoisotopic (exact) mass is 271 g/mol. The molecule has 5 heteroatoms. The van der Waals surface area contributed by atoms with Crippen molar-refractivity contribution >= 4 is 46.1 Å². The summed E-state index contributed by atoms with van der Waals surface area (Å²) in [7, 11) is 0. The molecule has 0 aliphatic carbocycles. The number of carbonyl (C=O) groups is 1. The van der Waals surface area contributed by atoms with Crippen molar-refractivity contribution in [3.8, 4) is 0 Å². The molecule has 2 nitrogen and oxygen atoms in total. The molecule has 0 radical (unpaired) electrons. The minimum Gasteiger partial charge on any atom is -0.320 e. The Morgan fingerprint density at radius 3 is 2.69 bits per heavy atom. The second-order valence-electron chi connectivity index (χ2n) is 3.03. The van der Waals surface area contributed by atoms with Gasteiger partial charge in [0.25, 0.3) is 5.91 Å². The van der Waals surface area contributed by atoms with Crippen molar-refractivity contribution in [2.45, 2.75) is 0 Å². The molecule has 0 bridgehead atoms. The predicted octanol–water partition coefficient (Wildman–Crippen LogP) is 4.31. The smallest absolute Gasteiger partial charge is 0.265 e. The summed E-state index contributed by atoms with van der Waals surface area (Å²) in [5.41, 5.74) is 0.521. The van der Waals surface area contributed by atoms with E-state index in [0.717, 1.165) is 0 Å². The fourth-order valence-electron chi connectivity index (χ4n) is 1.19. The summed E-state index contributed by atoms with van der Waals surface area (Å²) in [6.45, 7) is 0. The number of hydrogen-bond donors (Lipinski definition) is 1. The highest BCUT2D eigenvalue weighted by molar-refractivity contribution is 7.12. The van der Waals surface area contributed by atoms with Crippen molar-refractivity contribution in [3.05, 3.63) is 50.6 Å².